The molecule has 0 aliphatic carbocycles. The highest BCUT2D eigenvalue weighted by Gasteiger charge is 2.30. The monoisotopic (exact) mass is 207 g/mol. The Bertz CT molecular complexity index is 378. The summed E-state index contributed by atoms with van der Waals surface area (Å²) in [7, 11) is 1.54. The van der Waals surface area contributed by atoms with Gasteiger partial charge in [-0.15, -0.1) is 0 Å². The maximum absolute atomic E-state index is 11.1. The molecule has 4 heteroatoms. The Balaban J connectivity index is 2.43. The first-order chi connectivity index (χ1) is 7.24. The van der Waals surface area contributed by atoms with Crippen LogP contribution in [0.15, 0.2) is 24.3 Å². The van der Waals surface area contributed by atoms with E-state index < -0.39 is 6.09 Å². The van der Waals surface area contributed by atoms with E-state index in [2.05, 4.69) is 0 Å². The van der Waals surface area contributed by atoms with Gasteiger partial charge in [0.05, 0.1) is 5.69 Å². The van der Waals surface area contributed by atoms with Crippen LogP contribution in [0, 0.1) is 0 Å². The van der Waals surface area contributed by atoms with Crippen LogP contribution < -0.4 is 4.90 Å². The molecule has 80 valence electrons. The third-order valence-corrected chi connectivity index (χ3v) is 2.68. The summed E-state index contributed by atoms with van der Waals surface area (Å²) in [6, 6.07) is 7.53. The summed E-state index contributed by atoms with van der Waals surface area (Å²) in [5.41, 5.74) is 1.80. The van der Waals surface area contributed by atoms with Gasteiger partial charge in [-0.2, -0.15) is 0 Å². The SMILES string of the molecule is COC1CCc2ccccc2N1C(=O)O. The van der Waals surface area contributed by atoms with Gasteiger partial charge in [-0.3, -0.25) is 4.90 Å². The van der Waals surface area contributed by atoms with Crippen molar-refractivity contribution in [3.63, 3.8) is 0 Å². The fraction of sp³-hybridized carbons (Fsp3) is 0.364. The molecule has 0 aromatic heterocycles. The predicted molar refractivity (Wildman–Crippen MR) is 56.1 cm³/mol. The van der Waals surface area contributed by atoms with Gasteiger partial charge in [-0.25, -0.2) is 4.79 Å². The average molecular weight is 207 g/mol. The maximum Gasteiger partial charge on any atom is 0.413 e. The standard InChI is InChI=1S/C11H13NO3/c1-15-10-7-6-8-4-2-3-5-9(8)12(10)11(13)14/h2-5,10H,6-7H2,1H3,(H,13,14). The molecule has 4 nitrogen and oxygen atoms in total. The number of methoxy groups -OCH3 is 1. The Hall–Kier alpha value is -1.55. The van der Waals surface area contributed by atoms with Crippen LogP contribution in [0.4, 0.5) is 10.5 Å². The highest BCUT2D eigenvalue weighted by atomic mass is 16.5. The number of aryl methyl sites for hydroxylation is 1. The van der Waals surface area contributed by atoms with Gasteiger partial charge in [-0.05, 0) is 24.5 Å². The van der Waals surface area contributed by atoms with Gasteiger partial charge in [0.15, 0.2) is 0 Å². The van der Waals surface area contributed by atoms with Crippen LogP contribution in [0.3, 0.4) is 0 Å². The highest BCUT2D eigenvalue weighted by Crippen LogP contribution is 2.30. The molecule has 0 bridgehead atoms. The number of amides is 1. The van der Waals surface area contributed by atoms with Crippen molar-refractivity contribution in [3.8, 4) is 0 Å². The van der Waals surface area contributed by atoms with E-state index in [1.807, 2.05) is 24.3 Å². The number of fused-ring (bicyclic) bond motifs is 1. The average Bonchev–Trinajstić information content (AvgIpc) is 2.27. The van der Waals surface area contributed by atoms with E-state index in [4.69, 9.17) is 9.84 Å². The van der Waals surface area contributed by atoms with Crippen molar-refractivity contribution in [2.24, 2.45) is 0 Å². The molecule has 1 aliphatic rings. The Morgan fingerprint density at radius 1 is 1.53 bits per heavy atom. The summed E-state index contributed by atoms with van der Waals surface area (Å²) in [5, 5.41) is 9.13. The first kappa shape index (κ1) is 9.98. The summed E-state index contributed by atoms with van der Waals surface area (Å²) in [6.07, 6.45) is 0.240. The molecule has 15 heavy (non-hydrogen) atoms. The summed E-state index contributed by atoms with van der Waals surface area (Å²) in [6.45, 7) is 0. The van der Waals surface area contributed by atoms with Crippen LogP contribution in [-0.2, 0) is 11.2 Å². The van der Waals surface area contributed by atoms with Crippen LogP contribution in [-0.4, -0.2) is 24.5 Å². The second-order valence-corrected chi connectivity index (χ2v) is 3.51. The Morgan fingerprint density at radius 2 is 2.27 bits per heavy atom. The molecule has 1 atom stereocenters. The van der Waals surface area contributed by atoms with Crippen molar-refractivity contribution in [2.75, 3.05) is 12.0 Å². The zero-order chi connectivity index (χ0) is 10.8. The molecular weight excluding hydrogens is 194 g/mol. The number of hydrogen-bond acceptors (Lipinski definition) is 2. The topological polar surface area (TPSA) is 49.8 Å². The Kier molecular flexibility index (Phi) is 2.60. The van der Waals surface area contributed by atoms with Gasteiger partial charge in [0.25, 0.3) is 0 Å². The lowest BCUT2D eigenvalue weighted by atomic mass is 10.0. The molecule has 0 radical (unpaired) electrons. The van der Waals surface area contributed by atoms with E-state index in [1.54, 1.807) is 0 Å². The molecule has 1 aromatic rings. The molecule has 0 fully saturated rings. The van der Waals surface area contributed by atoms with Crippen LogP contribution in [0.1, 0.15) is 12.0 Å². The van der Waals surface area contributed by atoms with Crippen molar-refractivity contribution >= 4 is 11.8 Å². The summed E-state index contributed by atoms with van der Waals surface area (Å²) < 4.78 is 5.17. The molecular formula is C11H13NO3. The molecule has 0 spiro atoms. The minimum Gasteiger partial charge on any atom is -0.465 e. The number of rotatable bonds is 1. The molecule has 1 aliphatic heterocycles. The van der Waals surface area contributed by atoms with Gasteiger partial charge in [0, 0.05) is 7.11 Å². The summed E-state index contributed by atoms with van der Waals surface area (Å²) in [4.78, 5) is 12.4. The zero-order valence-electron chi connectivity index (χ0n) is 8.51. The second kappa shape index (κ2) is 3.90. The van der Waals surface area contributed by atoms with Crippen molar-refractivity contribution in [1.29, 1.82) is 0 Å². The lowest BCUT2D eigenvalue weighted by Crippen LogP contribution is -2.44. The molecule has 1 unspecified atom stereocenters. The summed E-state index contributed by atoms with van der Waals surface area (Å²) in [5.74, 6) is 0. The third kappa shape index (κ3) is 1.68. The molecule has 2 rings (SSSR count). The minimum absolute atomic E-state index is 0.364. The maximum atomic E-state index is 11.1. The van der Waals surface area contributed by atoms with Crippen molar-refractivity contribution in [3.05, 3.63) is 29.8 Å². The molecule has 0 saturated heterocycles. The quantitative estimate of drug-likeness (QED) is 0.767. The zero-order valence-corrected chi connectivity index (χ0v) is 8.51. The molecule has 1 amide bonds. The number of carbonyl (C=O) groups is 1. The number of anilines is 1. The molecule has 1 heterocycles. The van der Waals surface area contributed by atoms with Gasteiger partial charge in [0.2, 0.25) is 0 Å². The number of para-hydroxylation sites is 1. The van der Waals surface area contributed by atoms with Crippen molar-refractivity contribution in [1.82, 2.24) is 0 Å². The lowest BCUT2D eigenvalue weighted by Gasteiger charge is -2.33. The largest absolute Gasteiger partial charge is 0.465 e. The van der Waals surface area contributed by atoms with Crippen molar-refractivity contribution in [2.45, 2.75) is 19.1 Å². The van der Waals surface area contributed by atoms with E-state index in [1.165, 1.54) is 12.0 Å². The number of hydrogen-bond donors (Lipinski definition) is 1. The molecule has 0 saturated carbocycles. The fourth-order valence-electron chi connectivity index (χ4n) is 1.97. The lowest BCUT2D eigenvalue weighted by molar-refractivity contribution is 0.0847. The van der Waals surface area contributed by atoms with Crippen LogP contribution in [0.25, 0.3) is 0 Å². The summed E-state index contributed by atoms with van der Waals surface area (Å²) >= 11 is 0. The molecule has 1 aromatic carbocycles. The van der Waals surface area contributed by atoms with Crippen LogP contribution in [0.2, 0.25) is 0 Å². The normalized spacial score (nSPS) is 19.8. The van der Waals surface area contributed by atoms with Gasteiger partial charge < -0.3 is 9.84 Å². The first-order valence-corrected chi connectivity index (χ1v) is 4.87. The van der Waals surface area contributed by atoms with E-state index in [0.717, 1.165) is 17.7 Å². The van der Waals surface area contributed by atoms with E-state index in [0.29, 0.717) is 6.42 Å². The van der Waals surface area contributed by atoms with Crippen LogP contribution >= 0.6 is 0 Å². The Morgan fingerprint density at radius 3 is 2.93 bits per heavy atom. The van der Waals surface area contributed by atoms with Crippen molar-refractivity contribution < 1.29 is 14.6 Å². The smallest absolute Gasteiger partial charge is 0.413 e. The van der Waals surface area contributed by atoms with E-state index >= 15 is 0 Å². The van der Waals surface area contributed by atoms with Gasteiger partial charge >= 0.3 is 6.09 Å². The predicted octanol–water partition coefficient (Wildman–Crippen LogP) is 2.09. The molecule has 1 N–H and O–H groups in total. The number of nitrogens with zero attached hydrogens (tertiary/aromatic N) is 1. The second-order valence-electron chi connectivity index (χ2n) is 3.51. The first-order valence-electron chi connectivity index (χ1n) is 4.87. The number of ether oxygens (including phenoxy) is 1. The van der Waals surface area contributed by atoms with Crippen LogP contribution in [0.5, 0.6) is 0 Å². The van der Waals surface area contributed by atoms with E-state index in [9.17, 15) is 4.79 Å². The van der Waals surface area contributed by atoms with Gasteiger partial charge in [-0.1, -0.05) is 18.2 Å². The third-order valence-electron chi connectivity index (χ3n) is 2.68. The minimum atomic E-state index is -0.964. The highest BCUT2D eigenvalue weighted by molar-refractivity contribution is 5.88. The van der Waals surface area contributed by atoms with Gasteiger partial charge in [0.1, 0.15) is 6.23 Å². The fourth-order valence-corrected chi connectivity index (χ4v) is 1.97. The Labute approximate surface area is 88.1 Å². The number of benzene rings is 1. The van der Waals surface area contributed by atoms with E-state index in [-0.39, 0.29) is 6.23 Å². The number of carboxylic acid groups (broad SMARTS) is 1.